The van der Waals surface area contributed by atoms with Crippen LogP contribution in [0.25, 0.3) is 5.76 Å². The minimum absolute atomic E-state index is 0.0213. The van der Waals surface area contributed by atoms with Crippen LogP contribution in [0, 0.1) is 5.92 Å². The van der Waals surface area contributed by atoms with Crippen LogP contribution < -0.4 is 9.47 Å². The predicted molar refractivity (Wildman–Crippen MR) is 134 cm³/mol. The molecule has 2 aromatic rings. The van der Waals surface area contributed by atoms with Crippen LogP contribution in [-0.4, -0.2) is 54.7 Å². The average molecular weight is 482 g/mol. The van der Waals surface area contributed by atoms with Gasteiger partial charge in [0.25, 0.3) is 11.7 Å². The van der Waals surface area contributed by atoms with E-state index in [9.17, 15) is 14.7 Å². The van der Waals surface area contributed by atoms with Crippen LogP contribution in [-0.2, 0) is 14.3 Å². The summed E-state index contributed by atoms with van der Waals surface area (Å²) in [5, 5.41) is 11.2. The van der Waals surface area contributed by atoms with Crippen molar-refractivity contribution in [1.82, 2.24) is 4.90 Å². The van der Waals surface area contributed by atoms with Gasteiger partial charge in [0.2, 0.25) is 0 Å². The summed E-state index contributed by atoms with van der Waals surface area (Å²) >= 11 is 0. The summed E-state index contributed by atoms with van der Waals surface area (Å²) in [6.07, 6.45) is 0.587. The minimum atomic E-state index is -0.711. The summed E-state index contributed by atoms with van der Waals surface area (Å²) in [5.74, 6) is 0.208. The lowest BCUT2D eigenvalue weighted by molar-refractivity contribution is -0.140. The number of likely N-dealkylation sites (tertiary alicyclic amines) is 1. The first-order valence-electron chi connectivity index (χ1n) is 12.0. The standard InChI is InChI=1S/C28H35NO6/c1-18(2)17-34-22-11-9-21(10-12-22)26(30)24-25(20-7-13-23(14-8-20)35-19(3)4)29(15-6-16-33-5)28(32)27(24)31/h7-14,18-19,25,30H,6,15-17H2,1-5H3/b26-24-. The maximum Gasteiger partial charge on any atom is 0.295 e. The van der Waals surface area contributed by atoms with Crippen LogP contribution in [0.1, 0.15) is 51.3 Å². The van der Waals surface area contributed by atoms with E-state index in [2.05, 4.69) is 13.8 Å². The number of rotatable bonds is 11. The fourth-order valence-corrected chi connectivity index (χ4v) is 3.96. The van der Waals surface area contributed by atoms with E-state index in [0.29, 0.717) is 49.2 Å². The molecule has 7 heteroatoms. The number of aliphatic hydroxyl groups is 1. The number of ether oxygens (including phenoxy) is 3. The molecular weight excluding hydrogens is 446 g/mol. The van der Waals surface area contributed by atoms with Crippen molar-refractivity contribution in [2.45, 2.75) is 46.3 Å². The zero-order valence-corrected chi connectivity index (χ0v) is 21.1. The van der Waals surface area contributed by atoms with Gasteiger partial charge in [0.05, 0.1) is 24.3 Å². The number of aliphatic hydroxyl groups excluding tert-OH is 1. The van der Waals surface area contributed by atoms with Crippen molar-refractivity contribution in [3.8, 4) is 11.5 Å². The number of hydrogen-bond donors (Lipinski definition) is 1. The number of carbonyl (C=O) groups excluding carboxylic acids is 2. The molecule has 1 amide bonds. The number of hydrogen-bond acceptors (Lipinski definition) is 6. The van der Waals surface area contributed by atoms with E-state index in [-0.39, 0.29) is 17.4 Å². The number of ketones is 1. The molecule has 1 unspecified atom stereocenters. The Morgan fingerprint density at radius 1 is 0.971 bits per heavy atom. The van der Waals surface area contributed by atoms with Gasteiger partial charge in [0.1, 0.15) is 17.3 Å². The highest BCUT2D eigenvalue weighted by Gasteiger charge is 2.45. The maximum absolute atomic E-state index is 13.1. The highest BCUT2D eigenvalue weighted by molar-refractivity contribution is 6.46. The molecule has 3 rings (SSSR count). The molecule has 0 aliphatic carbocycles. The molecule has 1 aliphatic heterocycles. The number of amides is 1. The lowest BCUT2D eigenvalue weighted by Gasteiger charge is -2.25. The molecule has 35 heavy (non-hydrogen) atoms. The molecular formula is C28H35NO6. The third-order valence-corrected chi connectivity index (χ3v) is 5.57. The van der Waals surface area contributed by atoms with Gasteiger partial charge in [-0.15, -0.1) is 0 Å². The quantitative estimate of drug-likeness (QED) is 0.211. The fourth-order valence-electron chi connectivity index (χ4n) is 3.96. The number of carbonyl (C=O) groups is 2. The highest BCUT2D eigenvalue weighted by atomic mass is 16.5. The molecule has 0 spiro atoms. The molecule has 0 radical (unpaired) electrons. The number of nitrogens with zero attached hydrogens (tertiary/aromatic N) is 1. The first-order valence-corrected chi connectivity index (χ1v) is 12.0. The molecule has 7 nitrogen and oxygen atoms in total. The summed E-state index contributed by atoms with van der Waals surface area (Å²) in [6.45, 7) is 9.37. The Labute approximate surface area is 207 Å². The Morgan fingerprint density at radius 3 is 2.17 bits per heavy atom. The summed E-state index contributed by atoms with van der Waals surface area (Å²) in [5.41, 5.74) is 1.23. The van der Waals surface area contributed by atoms with E-state index in [0.717, 1.165) is 5.56 Å². The normalized spacial score (nSPS) is 17.5. The molecule has 1 fully saturated rings. The number of methoxy groups -OCH3 is 1. The van der Waals surface area contributed by atoms with Crippen molar-refractivity contribution in [2.24, 2.45) is 5.92 Å². The zero-order valence-electron chi connectivity index (χ0n) is 21.1. The topological polar surface area (TPSA) is 85.3 Å². The van der Waals surface area contributed by atoms with Gasteiger partial charge in [-0.05, 0) is 68.1 Å². The third kappa shape index (κ3) is 6.42. The van der Waals surface area contributed by atoms with Crippen molar-refractivity contribution in [3.05, 3.63) is 65.2 Å². The second-order valence-electron chi connectivity index (χ2n) is 9.30. The second-order valence-corrected chi connectivity index (χ2v) is 9.30. The first-order chi connectivity index (χ1) is 16.7. The molecule has 2 aromatic carbocycles. The molecule has 188 valence electrons. The van der Waals surface area contributed by atoms with Crippen LogP contribution >= 0.6 is 0 Å². The van der Waals surface area contributed by atoms with E-state index in [1.165, 1.54) is 4.90 Å². The smallest absolute Gasteiger partial charge is 0.295 e. The Kier molecular flexibility index (Phi) is 8.93. The highest BCUT2D eigenvalue weighted by Crippen LogP contribution is 2.40. The summed E-state index contributed by atoms with van der Waals surface area (Å²) in [4.78, 5) is 27.6. The van der Waals surface area contributed by atoms with Crippen LogP contribution in [0.2, 0.25) is 0 Å². The third-order valence-electron chi connectivity index (χ3n) is 5.57. The Morgan fingerprint density at radius 2 is 1.60 bits per heavy atom. The van der Waals surface area contributed by atoms with Crippen LogP contribution in [0.5, 0.6) is 11.5 Å². The van der Waals surface area contributed by atoms with Gasteiger partial charge in [-0.2, -0.15) is 0 Å². The van der Waals surface area contributed by atoms with Gasteiger partial charge in [-0.1, -0.05) is 26.0 Å². The van der Waals surface area contributed by atoms with E-state index in [1.807, 2.05) is 38.1 Å². The van der Waals surface area contributed by atoms with Gasteiger partial charge in [-0.3, -0.25) is 9.59 Å². The largest absolute Gasteiger partial charge is 0.507 e. The van der Waals surface area contributed by atoms with Gasteiger partial charge in [0.15, 0.2) is 0 Å². The monoisotopic (exact) mass is 481 g/mol. The molecule has 1 heterocycles. The molecule has 1 aliphatic rings. The van der Waals surface area contributed by atoms with Gasteiger partial charge < -0.3 is 24.2 Å². The molecule has 1 N–H and O–H groups in total. The summed E-state index contributed by atoms with van der Waals surface area (Å²) < 4.78 is 16.6. The second kappa shape index (κ2) is 11.9. The van der Waals surface area contributed by atoms with E-state index < -0.39 is 17.7 Å². The fraction of sp³-hybridized carbons (Fsp3) is 0.429. The molecule has 1 saturated heterocycles. The first kappa shape index (κ1) is 26.3. The van der Waals surface area contributed by atoms with Crippen molar-refractivity contribution in [2.75, 3.05) is 26.9 Å². The van der Waals surface area contributed by atoms with Crippen molar-refractivity contribution in [1.29, 1.82) is 0 Å². The number of Topliss-reactive ketones (excluding diaryl/α,β-unsaturated/α-hetero) is 1. The molecule has 0 saturated carbocycles. The van der Waals surface area contributed by atoms with Crippen molar-refractivity contribution in [3.63, 3.8) is 0 Å². The SMILES string of the molecule is COCCCN1C(=O)C(=O)/C(=C(\O)c2ccc(OCC(C)C)cc2)C1c1ccc(OC(C)C)cc1. The zero-order chi connectivity index (χ0) is 25.5. The van der Waals surface area contributed by atoms with E-state index >= 15 is 0 Å². The molecule has 0 bridgehead atoms. The minimum Gasteiger partial charge on any atom is -0.507 e. The van der Waals surface area contributed by atoms with E-state index in [4.69, 9.17) is 14.2 Å². The van der Waals surface area contributed by atoms with Crippen molar-refractivity contribution < 1.29 is 28.9 Å². The summed E-state index contributed by atoms with van der Waals surface area (Å²) in [7, 11) is 1.59. The van der Waals surface area contributed by atoms with Gasteiger partial charge in [0, 0.05) is 25.8 Å². The molecule has 0 aromatic heterocycles. The maximum atomic E-state index is 13.1. The Bertz CT molecular complexity index is 1040. The van der Waals surface area contributed by atoms with Crippen molar-refractivity contribution >= 4 is 17.4 Å². The number of benzene rings is 2. The lowest BCUT2D eigenvalue weighted by atomic mass is 9.95. The van der Waals surface area contributed by atoms with Crippen LogP contribution in [0.15, 0.2) is 54.1 Å². The Hall–Kier alpha value is -3.32. The van der Waals surface area contributed by atoms with Crippen LogP contribution in [0.4, 0.5) is 0 Å². The van der Waals surface area contributed by atoms with Gasteiger partial charge >= 0.3 is 0 Å². The van der Waals surface area contributed by atoms with Gasteiger partial charge in [-0.25, -0.2) is 0 Å². The predicted octanol–water partition coefficient (Wildman–Crippen LogP) is 4.97. The Balaban J connectivity index is 1.99. The van der Waals surface area contributed by atoms with Crippen LogP contribution in [0.3, 0.4) is 0 Å². The summed E-state index contributed by atoms with van der Waals surface area (Å²) in [6, 6.07) is 13.5. The lowest BCUT2D eigenvalue weighted by Crippen LogP contribution is -2.31. The average Bonchev–Trinajstić information content (AvgIpc) is 3.08. The van der Waals surface area contributed by atoms with E-state index in [1.54, 1.807) is 31.4 Å². The molecule has 1 atom stereocenters.